The molecule has 5 heteroatoms. The number of benzene rings is 1. The van der Waals surface area contributed by atoms with E-state index in [-0.39, 0.29) is 23.9 Å². The molecule has 0 atom stereocenters. The summed E-state index contributed by atoms with van der Waals surface area (Å²) >= 11 is 0. The van der Waals surface area contributed by atoms with Crippen LogP contribution >= 0.6 is 0 Å². The van der Waals surface area contributed by atoms with Crippen molar-refractivity contribution in [2.75, 3.05) is 5.32 Å². The highest BCUT2D eigenvalue weighted by Crippen LogP contribution is 2.18. The minimum absolute atomic E-state index is 0.0994. The number of anilines is 1. The molecular weight excluding hydrogens is 254 g/mol. The Labute approximate surface area is 118 Å². The number of nitrogens with one attached hydrogen (secondary N) is 2. The van der Waals surface area contributed by atoms with E-state index in [0.29, 0.717) is 11.3 Å². The number of carbonyl (C=O) groups is 2. The quantitative estimate of drug-likeness (QED) is 0.784. The van der Waals surface area contributed by atoms with Crippen molar-refractivity contribution in [3.8, 4) is 0 Å². The standard InChI is InChI=1S/C15H21N3O2/c1-10(19)17-14-4-2-3-11(9-14)15(20)18-13-7-5-12(16)6-8-13/h2-4,9,12-13H,5-8,16H2,1H3,(H,17,19)(H,18,20). The lowest BCUT2D eigenvalue weighted by molar-refractivity contribution is -0.114. The van der Waals surface area contributed by atoms with Gasteiger partial charge in [0.2, 0.25) is 5.91 Å². The van der Waals surface area contributed by atoms with Crippen LogP contribution in [0.15, 0.2) is 24.3 Å². The summed E-state index contributed by atoms with van der Waals surface area (Å²) in [5.74, 6) is -0.249. The second-order valence-electron chi connectivity index (χ2n) is 5.35. The third-order valence-corrected chi connectivity index (χ3v) is 3.55. The van der Waals surface area contributed by atoms with Crippen LogP contribution in [0.4, 0.5) is 5.69 Å². The van der Waals surface area contributed by atoms with Gasteiger partial charge in [0.1, 0.15) is 0 Å². The fourth-order valence-electron chi connectivity index (χ4n) is 2.47. The molecule has 0 radical (unpaired) electrons. The Balaban J connectivity index is 1.96. The van der Waals surface area contributed by atoms with Gasteiger partial charge in [-0.05, 0) is 43.9 Å². The number of carbonyl (C=O) groups excluding carboxylic acids is 2. The first kappa shape index (κ1) is 14.5. The fraction of sp³-hybridized carbons (Fsp3) is 0.467. The average molecular weight is 275 g/mol. The minimum Gasteiger partial charge on any atom is -0.349 e. The predicted octanol–water partition coefficient (Wildman–Crippen LogP) is 1.64. The second-order valence-corrected chi connectivity index (χ2v) is 5.35. The van der Waals surface area contributed by atoms with E-state index in [9.17, 15) is 9.59 Å². The Bertz CT molecular complexity index is 494. The molecule has 1 fully saturated rings. The van der Waals surface area contributed by atoms with Gasteiger partial charge in [0.25, 0.3) is 5.91 Å². The molecule has 0 aromatic heterocycles. The molecule has 1 aliphatic carbocycles. The van der Waals surface area contributed by atoms with E-state index in [1.165, 1.54) is 6.92 Å². The van der Waals surface area contributed by atoms with Crippen LogP contribution in [0.3, 0.4) is 0 Å². The van der Waals surface area contributed by atoms with Crippen LogP contribution in [0.1, 0.15) is 43.0 Å². The van der Waals surface area contributed by atoms with E-state index >= 15 is 0 Å². The lowest BCUT2D eigenvalue weighted by Crippen LogP contribution is -2.40. The van der Waals surface area contributed by atoms with Crippen molar-refractivity contribution in [2.24, 2.45) is 5.73 Å². The van der Waals surface area contributed by atoms with Crippen LogP contribution in [-0.2, 0) is 4.79 Å². The third kappa shape index (κ3) is 4.06. The molecule has 5 nitrogen and oxygen atoms in total. The van der Waals surface area contributed by atoms with Gasteiger partial charge < -0.3 is 16.4 Å². The number of nitrogens with two attached hydrogens (primary N) is 1. The van der Waals surface area contributed by atoms with Crippen LogP contribution < -0.4 is 16.4 Å². The van der Waals surface area contributed by atoms with Crippen LogP contribution in [-0.4, -0.2) is 23.9 Å². The summed E-state index contributed by atoms with van der Waals surface area (Å²) < 4.78 is 0. The summed E-state index contributed by atoms with van der Waals surface area (Å²) in [5, 5.41) is 5.70. The van der Waals surface area contributed by atoms with Gasteiger partial charge in [-0.15, -0.1) is 0 Å². The highest BCUT2D eigenvalue weighted by atomic mass is 16.2. The number of hydrogen-bond donors (Lipinski definition) is 3. The number of hydrogen-bond acceptors (Lipinski definition) is 3. The van der Waals surface area contributed by atoms with E-state index in [0.717, 1.165) is 25.7 Å². The summed E-state index contributed by atoms with van der Waals surface area (Å²) in [4.78, 5) is 23.2. The van der Waals surface area contributed by atoms with Gasteiger partial charge in [-0.25, -0.2) is 0 Å². The lowest BCUT2D eigenvalue weighted by Gasteiger charge is -2.26. The first-order valence-electron chi connectivity index (χ1n) is 6.98. The Kier molecular flexibility index (Phi) is 4.74. The third-order valence-electron chi connectivity index (χ3n) is 3.55. The summed E-state index contributed by atoms with van der Waals surface area (Å²) in [6.07, 6.45) is 3.77. The average Bonchev–Trinajstić information content (AvgIpc) is 2.41. The van der Waals surface area contributed by atoms with Gasteiger partial charge >= 0.3 is 0 Å². The molecular formula is C15H21N3O2. The highest BCUT2D eigenvalue weighted by molar-refractivity contribution is 5.96. The number of rotatable bonds is 3. The van der Waals surface area contributed by atoms with Crippen molar-refractivity contribution in [3.63, 3.8) is 0 Å². The molecule has 1 saturated carbocycles. The van der Waals surface area contributed by atoms with Gasteiger partial charge in [-0.1, -0.05) is 6.07 Å². The zero-order valence-corrected chi connectivity index (χ0v) is 11.7. The smallest absolute Gasteiger partial charge is 0.251 e. The van der Waals surface area contributed by atoms with E-state index in [2.05, 4.69) is 10.6 Å². The summed E-state index contributed by atoms with van der Waals surface area (Å²) in [6.45, 7) is 1.44. The van der Waals surface area contributed by atoms with E-state index < -0.39 is 0 Å². The van der Waals surface area contributed by atoms with Gasteiger partial charge in [0, 0.05) is 30.3 Å². The van der Waals surface area contributed by atoms with Crippen molar-refractivity contribution >= 4 is 17.5 Å². The van der Waals surface area contributed by atoms with Crippen LogP contribution in [0, 0.1) is 0 Å². The van der Waals surface area contributed by atoms with Crippen molar-refractivity contribution in [2.45, 2.75) is 44.7 Å². The molecule has 0 bridgehead atoms. The molecule has 0 spiro atoms. The monoisotopic (exact) mass is 275 g/mol. The Morgan fingerprint density at radius 3 is 2.55 bits per heavy atom. The Hall–Kier alpha value is -1.88. The zero-order chi connectivity index (χ0) is 14.5. The predicted molar refractivity (Wildman–Crippen MR) is 78.4 cm³/mol. The fourth-order valence-corrected chi connectivity index (χ4v) is 2.47. The SMILES string of the molecule is CC(=O)Nc1cccc(C(=O)NC2CCC(N)CC2)c1. The molecule has 1 aromatic rings. The molecule has 20 heavy (non-hydrogen) atoms. The first-order chi connectivity index (χ1) is 9.54. The van der Waals surface area contributed by atoms with Crippen LogP contribution in [0.2, 0.25) is 0 Å². The topological polar surface area (TPSA) is 84.2 Å². The Morgan fingerprint density at radius 2 is 1.90 bits per heavy atom. The molecule has 1 aromatic carbocycles. The summed E-state index contributed by atoms with van der Waals surface area (Å²) in [5.41, 5.74) is 7.05. The molecule has 0 heterocycles. The first-order valence-corrected chi connectivity index (χ1v) is 6.98. The van der Waals surface area contributed by atoms with E-state index in [1.54, 1.807) is 24.3 Å². The van der Waals surface area contributed by atoms with Crippen molar-refractivity contribution in [3.05, 3.63) is 29.8 Å². The molecule has 0 unspecified atom stereocenters. The second kappa shape index (κ2) is 6.52. The maximum Gasteiger partial charge on any atom is 0.251 e. The largest absolute Gasteiger partial charge is 0.349 e. The van der Waals surface area contributed by atoms with Crippen LogP contribution in [0.25, 0.3) is 0 Å². The molecule has 2 rings (SSSR count). The van der Waals surface area contributed by atoms with Gasteiger partial charge in [-0.3, -0.25) is 9.59 Å². The zero-order valence-electron chi connectivity index (χ0n) is 11.7. The molecule has 108 valence electrons. The maximum absolute atomic E-state index is 12.2. The van der Waals surface area contributed by atoms with Gasteiger partial charge in [-0.2, -0.15) is 0 Å². The normalized spacial score (nSPS) is 22.1. The molecule has 2 amide bonds. The number of amides is 2. The summed E-state index contributed by atoms with van der Waals surface area (Å²) in [7, 11) is 0. The van der Waals surface area contributed by atoms with Crippen molar-refractivity contribution in [1.29, 1.82) is 0 Å². The highest BCUT2D eigenvalue weighted by Gasteiger charge is 2.20. The molecule has 1 aliphatic rings. The van der Waals surface area contributed by atoms with Crippen LogP contribution in [0.5, 0.6) is 0 Å². The van der Waals surface area contributed by atoms with Crippen molar-refractivity contribution < 1.29 is 9.59 Å². The molecule has 0 aliphatic heterocycles. The van der Waals surface area contributed by atoms with E-state index in [1.807, 2.05) is 0 Å². The molecule has 4 N–H and O–H groups in total. The lowest BCUT2D eigenvalue weighted by atomic mass is 9.91. The van der Waals surface area contributed by atoms with E-state index in [4.69, 9.17) is 5.73 Å². The van der Waals surface area contributed by atoms with Gasteiger partial charge in [0.15, 0.2) is 0 Å². The Morgan fingerprint density at radius 1 is 1.20 bits per heavy atom. The van der Waals surface area contributed by atoms with Gasteiger partial charge in [0.05, 0.1) is 0 Å². The molecule has 0 saturated heterocycles. The minimum atomic E-state index is -0.149. The summed E-state index contributed by atoms with van der Waals surface area (Å²) in [6, 6.07) is 7.42. The maximum atomic E-state index is 12.2. The van der Waals surface area contributed by atoms with Crippen molar-refractivity contribution in [1.82, 2.24) is 5.32 Å².